The molecule has 0 atom stereocenters. The molecule has 9 heteroatoms. The fraction of sp³-hybridized carbons (Fsp3) is 0.111. The fourth-order valence-electron chi connectivity index (χ4n) is 2.56. The second kappa shape index (κ2) is 7.01. The van der Waals surface area contributed by atoms with Crippen molar-refractivity contribution >= 4 is 23.1 Å². The van der Waals surface area contributed by atoms with Gasteiger partial charge in [-0.15, -0.1) is 21.5 Å². The molecule has 0 spiro atoms. The Kier molecular flexibility index (Phi) is 4.23. The largest absolute Gasteiger partial charge is 0.454 e. The molecule has 0 radical (unpaired) electrons. The highest BCUT2D eigenvalue weighted by Crippen LogP contribution is 2.35. The summed E-state index contributed by atoms with van der Waals surface area (Å²) in [5.41, 5.74) is 1.70. The molecular weight excluding hydrogens is 384 g/mol. The monoisotopic (exact) mass is 396 g/mol. The summed E-state index contributed by atoms with van der Waals surface area (Å²) in [5.74, 6) is 3.19. The highest BCUT2D eigenvalue weighted by molar-refractivity contribution is 7.98. The van der Waals surface area contributed by atoms with Gasteiger partial charge in [0.15, 0.2) is 11.5 Å². The Hall–Kier alpha value is -2.91. The molecular formula is C18H12N4O3S2. The van der Waals surface area contributed by atoms with Crippen LogP contribution in [0.2, 0.25) is 0 Å². The first-order valence-electron chi connectivity index (χ1n) is 8.08. The van der Waals surface area contributed by atoms with Gasteiger partial charge in [0.05, 0.1) is 16.3 Å². The van der Waals surface area contributed by atoms with Gasteiger partial charge in [-0.2, -0.15) is 4.98 Å². The molecule has 0 bridgehead atoms. The van der Waals surface area contributed by atoms with Gasteiger partial charge in [-0.05, 0) is 41.8 Å². The molecule has 0 amide bonds. The van der Waals surface area contributed by atoms with Crippen LogP contribution in [0.5, 0.6) is 11.5 Å². The lowest BCUT2D eigenvalue weighted by molar-refractivity contribution is 0.174. The minimum Gasteiger partial charge on any atom is -0.454 e. The van der Waals surface area contributed by atoms with Crippen LogP contribution in [0.25, 0.3) is 22.0 Å². The summed E-state index contributed by atoms with van der Waals surface area (Å²) in [7, 11) is 0. The van der Waals surface area contributed by atoms with E-state index in [1.54, 1.807) is 11.3 Å². The minimum absolute atomic E-state index is 0.254. The quantitative estimate of drug-likeness (QED) is 0.462. The van der Waals surface area contributed by atoms with E-state index in [1.807, 2.05) is 47.8 Å². The van der Waals surface area contributed by atoms with Crippen molar-refractivity contribution < 1.29 is 14.0 Å². The molecule has 7 nitrogen and oxygen atoms in total. The van der Waals surface area contributed by atoms with Gasteiger partial charge in [0, 0.05) is 5.56 Å². The van der Waals surface area contributed by atoms with E-state index in [4.69, 9.17) is 14.0 Å². The Labute approximate surface area is 162 Å². The number of fused-ring (bicyclic) bond motifs is 1. The lowest BCUT2D eigenvalue weighted by Gasteiger charge is -2.03. The van der Waals surface area contributed by atoms with Gasteiger partial charge in [-0.25, -0.2) is 0 Å². The first-order valence-corrected chi connectivity index (χ1v) is 9.95. The molecule has 0 N–H and O–H groups in total. The summed E-state index contributed by atoms with van der Waals surface area (Å²) < 4.78 is 16.0. The molecule has 0 saturated carbocycles. The molecule has 4 heterocycles. The second-order valence-electron chi connectivity index (χ2n) is 5.60. The Morgan fingerprint density at radius 3 is 2.85 bits per heavy atom. The third-order valence-corrected chi connectivity index (χ3v) is 5.63. The van der Waals surface area contributed by atoms with Crippen molar-refractivity contribution in [2.75, 3.05) is 6.79 Å². The summed E-state index contributed by atoms with van der Waals surface area (Å²) in [5, 5.41) is 15.4. The van der Waals surface area contributed by atoms with Gasteiger partial charge in [0.25, 0.3) is 0 Å². The van der Waals surface area contributed by atoms with Crippen LogP contribution in [0.4, 0.5) is 0 Å². The van der Waals surface area contributed by atoms with Crippen LogP contribution in [0.3, 0.4) is 0 Å². The number of ether oxygens (including phenoxy) is 2. The Morgan fingerprint density at radius 2 is 2.00 bits per heavy atom. The van der Waals surface area contributed by atoms with E-state index in [-0.39, 0.29) is 6.79 Å². The summed E-state index contributed by atoms with van der Waals surface area (Å²) in [6, 6.07) is 13.5. The molecule has 1 aromatic carbocycles. The van der Waals surface area contributed by atoms with Crippen LogP contribution in [0.1, 0.15) is 5.89 Å². The van der Waals surface area contributed by atoms with Gasteiger partial charge in [0.1, 0.15) is 5.03 Å². The van der Waals surface area contributed by atoms with E-state index in [9.17, 15) is 0 Å². The zero-order valence-electron chi connectivity index (χ0n) is 13.9. The van der Waals surface area contributed by atoms with E-state index in [0.29, 0.717) is 17.5 Å². The third-order valence-electron chi connectivity index (χ3n) is 3.86. The van der Waals surface area contributed by atoms with Crippen molar-refractivity contribution in [3.05, 3.63) is 53.7 Å². The standard InChI is InChI=1S/C18H12N4O3S2/c1-2-15(26-7-1)18-19-16(25-22-18)9-27-17-6-4-12(20-21-17)11-3-5-13-14(8-11)24-10-23-13/h1-8H,9-10H2. The number of hydrogen-bond donors (Lipinski definition) is 0. The number of nitrogens with zero attached hydrogens (tertiary/aromatic N) is 4. The van der Waals surface area contributed by atoms with Crippen LogP contribution in [-0.2, 0) is 5.75 Å². The number of thiophene rings is 1. The average molecular weight is 396 g/mol. The van der Waals surface area contributed by atoms with Gasteiger partial charge in [-0.1, -0.05) is 23.0 Å². The molecule has 0 saturated heterocycles. The molecule has 0 aliphatic carbocycles. The predicted octanol–water partition coefficient (Wildman–Crippen LogP) is 4.28. The number of aromatic nitrogens is 4. The average Bonchev–Trinajstić information content (AvgIpc) is 3.47. The molecule has 134 valence electrons. The SMILES string of the molecule is c1csc(-c2noc(CSc3ccc(-c4ccc5c(c4)OCO5)nn3)n2)c1. The maximum Gasteiger partial charge on any atom is 0.237 e. The second-order valence-corrected chi connectivity index (χ2v) is 7.55. The summed E-state index contributed by atoms with van der Waals surface area (Å²) in [6.45, 7) is 0.254. The van der Waals surface area contributed by atoms with Crippen LogP contribution in [0, 0.1) is 0 Å². The summed E-state index contributed by atoms with van der Waals surface area (Å²) in [6.07, 6.45) is 0. The number of thioether (sulfide) groups is 1. The van der Waals surface area contributed by atoms with Crippen molar-refractivity contribution in [1.82, 2.24) is 20.3 Å². The molecule has 1 aliphatic rings. The van der Waals surface area contributed by atoms with E-state index in [2.05, 4.69) is 20.3 Å². The number of hydrogen-bond acceptors (Lipinski definition) is 9. The minimum atomic E-state index is 0.254. The first kappa shape index (κ1) is 16.3. The maximum atomic E-state index is 5.40. The van der Waals surface area contributed by atoms with E-state index < -0.39 is 0 Å². The summed E-state index contributed by atoms with van der Waals surface area (Å²) in [4.78, 5) is 5.39. The maximum absolute atomic E-state index is 5.40. The zero-order valence-corrected chi connectivity index (χ0v) is 15.5. The Morgan fingerprint density at radius 1 is 1.04 bits per heavy atom. The van der Waals surface area contributed by atoms with Gasteiger partial charge < -0.3 is 14.0 Å². The Balaban J connectivity index is 1.26. The highest BCUT2D eigenvalue weighted by atomic mass is 32.2. The van der Waals surface area contributed by atoms with Crippen molar-refractivity contribution in [3.63, 3.8) is 0 Å². The summed E-state index contributed by atoms with van der Waals surface area (Å²) >= 11 is 3.08. The third kappa shape index (κ3) is 3.38. The molecule has 1 aliphatic heterocycles. The van der Waals surface area contributed by atoms with Crippen LogP contribution in [-0.4, -0.2) is 27.1 Å². The van der Waals surface area contributed by atoms with Gasteiger partial charge in [0.2, 0.25) is 18.5 Å². The van der Waals surface area contributed by atoms with Crippen LogP contribution in [0.15, 0.2) is 57.4 Å². The van der Waals surface area contributed by atoms with Gasteiger partial charge >= 0.3 is 0 Å². The number of benzene rings is 1. The Bertz CT molecular complexity index is 1060. The molecule has 0 unspecified atom stereocenters. The van der Waals surface area contributed by atoms with Crippen molar-refractivity contribution in [2.45, 2.75) is 10.8 Å². The lowest BCUT2D eigenvalue weighted by Crippen LogP contribution is -1.93. The predicted molar refractivity (Wildman–Crippen MR) is 101 cm³/mol. The lowest BCUT2D eigenvalue weighted by atomic mass is 10.1. The van der Waals surface area contributed by atoms with E-state index >= 15 is 0 Å². The van der Waals surface area contributed by atoms with Crippen molar-refractivity contribution in [2.24, 2.45) is 0 Å². The highest BCUT2D eigenvalue weighted by Gasteiger charge is 2.15. The molecule has 27 heavy (non-hydrogen) atoms. The van der Waals surface area contributed by atoms with E-state index in [0.717, 1.165) is 32.7 Å². The van der Waals surface area contributed by atoms with Crippen molar-refractivity contribution in [1.29, 1.82) is 0 Å². The molecule has 0 fully saturated rings. The van der Waals surface area contributed by atoms with Crippen LogP contribution < -0.4 is 9.47 Å². The molecule has 5 rings (SSSR count). The number of rotatable bonds is 5. The van der Waals surface area contributed by atoms with Crippen LogP contribution >= 0.6 is 23.1 Å². The normalized spacial score (nSPS) is 12.4. The fourth-order valence-corrected chi connectivity index (χ4v) is 3.86. The van der Waals surface area contributed by atoms with E-state index in [1.165, 1.54) is 11.8 Å². The molecule has 4 aromatic rings. The zero-order chi connectivity index (χ0) is 18.1. The van der Waals surface area contributed by atoms with Crippen molar-refractivity contribution in [3.8, 4) is 33.5 Å². The molecule has 3 aromatic heterocycles. The first-order chi connectivity index (χ1) is 13.3. The van der Waals surface area contributed by atoms with Gasteiger partial charge in [-0.3, -0.25) is 0 Å². The topological polar surface area (TPSA) is 83.2 Å². The smallest absolute Gasteiger partial charge is 0.237 e.